The van der Waals surface area contributed by atoms with Crippen LogP contribution in [0.25, 0.3) is 10.9 Å². The van der Waals surface area contributed by atoms with Crippen molar-refractivity contribution in [3.63, 3.8) is 0 Å². The standard InChI is InChI=1S/C13H15BrN2/c1-3-4-9-7-12(15)10-5-6-11(14)8(2)13(10)16-9/h5-7H,3-4H2,1-2H3,(H2,15,16). The van der Waals surface area contributed by atoms with E-state index in [2.05, 4.69) is 34.8 Å². The lowest BCUT2D eigenvalue weighted by Crippen LogP contribution is -1.97. The Morgan fingerprint density at radius 2 is 2.12 bits per heavy atom. The van der Waals surface area contributed by atoms with Gasteiger partial charge in [0.1, 0.15) is 0 Å². The first-order valence-corrected chi connectivity index (χ1v) is 6.27. The lowest BCUT2D eigenvalue weighted by molar-refractivity contribution is 0.890. The van der Waals surface area contributed by atoms with Crippen LogP contribution in [0, 0.1) is 6.92 Å². The zero-order valence-electron chi connectivity index (χ0n) is 9.55. The van der Waals surface area contributed by atoms with Crippen LogP contribution in [0.15, 0.2) is 22.7 Å². The Morgan fingerprint density at radius 3 is 2.81 bits per heavy atom. The summed E-state index contributed by atoms with van der Waals surface area (Å²) in [4.78, 5) is 4.68. The molecule has 0 spiro atoms. The average molecular weight is 279 g/mol. The van der Waals surface area contributed by atoms with E-state index in [4.69, 9.17) is 5.73 Å². The maximum absolute atomic E-state index is 6.05. The van der Waals surface area contributed by atoms with E-state index in [0.717, 1.165) is 45.2 Å². The largest absolute Gasteiger partial charge is 0.398 e. The zero-order chi connectivity index (χ0) is 11.7. The highest BCUT2D eigenvalue weighted by Crippen LogP contribution is 2.28. The van der Waals surface area contributed by atoms with Crippen LogP contribution >= 0.6 is 15.9 Å². The number of rotatable bonds is 2. The first kappa shape index (κ1) is 11.4. The third kappa shape index (κ3) is 1.92. The number of hydrogen-bond donors (Lipinski definition) is 1. The van der Waals surface area contributed by atoms with Crippen molar-refractivity contribution in [2.45, 2.75) is 26.7 Å². The fourth-order valence-electron chi connectivity index (χ4n) is 1.87. The topological polar surface area (TPSA) is 38.9 Å². The van der Waals surface area contributed by atoms with Crippen LogP contribution in [0.2, 0.25) is 0 Å². The van der Waals surface area contributed by atoms with Crippen molar-refractivity contribution < 1.29 is 0 Å². The molecule has 0 fully saturated rings. The molecule has 2 N–H and O–H groups in total. The second-order valence-electron chi connectivity index (χ2n) is 4.02. The van der Waals surface area contributed by atoms with Crippen LogP contribution in [-0.2, 0) is 6.42 Å². The predicted octanol–water partition coefficient (Wildman–Crippen LogP) is 3.84. The van der Waals surface area contributed by atoms with Crippen LogP contribution in [-0.4, -0.2) is 4.98 Å². The summed E-state index contributed by atoms with van der Waals surface area (Å²) in [6, 6.07) is 6.03. The van der Waals surface area contributed by atoms with Gasteiger partial charge in [-0.05, 0) is 37.1 Å². The molecular weight excluding hydrogens is 264 g/mol. The molecule has 2 aromatic rings. The minimum absolute atomic E-state index is 0.823. The summed E-state index contributed by atoms with van der Waals surface area (Å²) in [5.74, 6) is 0. The number of nitrogens with zero attached hydrogens (tertiary/aromatic N) is 1. The van der Waals surface area contributed by atoms with E-state index >= 15 is 0 Å². The third-order valence-corrected chi connectivity index (χ3v) is 3.62. The molecule has 0 saturated carbocycles. The molecule has 0 saturated heterocycles. The molecule has 0 atom stereocenters. The van der Waals surface area contributed by atoms with E-state index in [9.17, 15) is 0 Å². The molecule has 0 aliphatic carbocycles. The van der Waals surface area contributed by atoms with Crippen LogP contribution in [0.5, 0.6) is 0 Å². The highest BCUT2D eigenvalue weighted by atomic mass is 79.9. The molecule has 16 heavy (non-hydrogen) atoms. The van der Waals surface area contributed by atoms with Gasteiger partial charge in [-0.15, -0.1) is 0 Å². The van der Waals surface area contributed by atoms with Crippen LogP contribution in [0.1, 0.15) is 24.6 Å². The molecule has 1 aromatic heterocycles. The Bertz CT molecular complexity index is 535. The Kier molecular flexibility index (Phi) is 3.15. The van der Waals surface area contributed by atoms with Gasteiger partial charge in [0.2, 0.25) is 0 Å². The quantitative estimate of drug-likeness (QED) is 0.907. The van der Waals surface area contributed by atoms with E-state index in [1.165, 1.54) is 0 Å². The van der Waals surface area contributed by atoms with Gasteiger partial charge in [0.25, 0.3) is 0 Å². The van der Waals surface area contributed by atoms with Gasteiger partial charge in [-0.25, -0.2) is 0 Å². The molecule has 0 amide bonds. The number of halogens is 1. The van der Waals surface area contributed by atoms with Crippen molar-refractivity contribution in [2.24, 2.45) is 0 Å². The minimum Gasteiger partial charge on any atom is -0.398 e. The number of fused-ring (bicyclic) bond motifs is 1. The second kappa shape index (κ2) is 4.42. The van der Waals surface area contributed by atoms with Gasteiger partial charge < -0.3 is 5.73 Å². The number of anilines is 1. The fourth-order valence-corrected chi connectivity index (χ4v) is 2.19. The summed E-state index contributed by atoms with van der Waals surface area (Å²) in [5, 5.41) is 1.04. The lowest BCUT2D eigenvalue weighted by Gasteiger charge is -2.09. The lowest BCUT2D eigenvalue weighted by atomic mass is 10.1. The van der Waals surface area contributed by atoms with E-state index in [0.29, 0.717) is 0 Å². The molecule has 0 aliphatic heterocycles. The number of benzene rings is 1. The van der Waals surface area contributed by atoms with Gasteiger partial charge in [0.15, 0.2) is 0 Å². The summed E-state index contributed by atoms with van der Waals surface area (Å²) >= 11 is 3.52. The van der Waals surface area contributed by atoms with Gasteiger partial charge in [-0.1, -0.05) is 29.3 Å². The van der Waals surface area contributed by atoms with Crippen LogP contribution < -0.4 is 5.73 Å². The smallest absolute Gasteiger partial charge is 0.0766 e. The molecule has 0 bridgehead atoms. The highest BCUT2D eigenvalue weighted by molar-refractivity contribution is 9.10. The van der Waals surface area contributed by atoms with Crippen LogP contribution in [0.3, 0.4) is 0 Å². The van der Waals surface area contributed by atoms with E-state index in [1.807, 2.05) is 18.2 Å². The maximum Gasteiger partial charge on any atom is 0.0766 e. The average Bonchev–Trinajstić information content (AvgIpc) is 2.25. The molecule has 1 heterocycles. The minimum atomic E-state index is 0.823. The molecular formula is C13H15BrN2. The molecule has 0 unspecified atom stereocenters. The summed E-state index contributed by atoms with van der Waals surface area (Å²) in [6.07, 6.45) is 2.07. The molecule has 2 rings (SSSR count). The molecule has 0 aliphatic rings. The summed E-state index contributed by atoms with van der Waals surface area (Å²) < 4.78 is 1.08. The monoisotopic (exact) mass is 278 g/mol. The van der Waals surface area contributed by atoms with Gasteiger partial charge in [0, 0.05) is 21.2 Å². The van der Waals surface area contributed by atoms with Crippen molar-refractivity contribution in [1.82, 2.24) is 4.98 Å². The molecule has 1 aromatic carbocycles. The summed E-state index contributed by atoms with van der Waals surface area (Å²) in [7, 11) is 0. The third-order valence-electron chi connectivity index (χ3n) is 2.76. The number of hydrogen-bond acceptors (Lipinski definition) is 2. The Labute approximate surface area is 104 Å². The van der Waals surface area contributed by atoms with Crippen molar-refractivity contribution in [3.05, 3.63) is 33.9 Å². The Balaban J connectivity index is 2.73. The Hall–Kier alpha value is -1.09. The van der Waals surface area contributed by atoms with Gasteiger partial charge in [-0.2, -0.15) is 0 Å². The van der Waals surface area contributed by atoms with Gasteiger partial charge in [0.05, 0.1) is 5.52 Å². The molecule has 2 nitrogen and oxygen atoms in total. The SMILES string of the molecule is CCCc1cc(N)c2ccc(Br)c(C)c2n1. The zero-order valence-corrected chi connectivity index (χ0v) is 11.1. The number of aromatic nitrogens is 1. The van der Waals surface area contributed by atoms with E-state index in [1.54, 1.807) is 0 Å². The predicted molar refractivity (Wildman–Crippen MR) is 72.6 cm³/mol. The second-order valence-corrected chi connectivity index (χ2v) is 4.88. The first-order valence-electron chi connectivity index (χ1n) is 5.47. The normalized spacial score (nSPS) is 10.9. The van der Waals surface area contributed by atoms with Crippen molar-refractivity contribution in [3.8, 4) is 0 Å². The van der Waals surface area contributed by atoms with Crippen molar-refractivity contribution in [1.29, 1.82) is 0 Å². The fraction of sp³-hybridized carbons (Fsp3) is 0.308. The Morgan fingerprint density at radius 1 is 1.38 bits per heavy atom. The van der Waals surface area contributed by atoms with Crippen molar-refractivity contribution in [2.75, 3.05) is 5.73 Å². The molecule has 0 radical (unpaired) electrons. The number of aryl methyl sites for hydroxylation is 2. The molecule has 84 valence electrons. The van der Waals surface area contributed by atoms with Gasteiger partial charge >= 0.3 is 0 Å². The highest BCUT2D eigenvalue weighted by Gasteiger charge is 2.07. The number of pyridine rings is 1. The molecule has 3 heteroatoms. The van der Waals surface area contributed by atoms with Crippen molar-refractivity contribution >= 4 is 32.5 Å². The summed E-state index contributed by atoms with van der Waals surface area (Å²) in [6.45, 7) is 4.21. The maximum atomic E-state index is 6.05. The number of nitrogen functional groups attached to an aromatic ring is 1. The summed E-state index contributed by atoms with van der Waals surface area (Å²) in [5.41, 5.74) is 10.1. The van der Waals surface area contributed by atoms with Gasteiger partial charge in [-0.3, -0.25) is 4.98 Å². The van der Waals surface area contributed by atoms with E-state index < -0.39 is 0 Å². The first-order chi connectivity index (χ1) is 7.63. The number of nitrogens with two attached hydrogens (primary N) is 1. The van der Waals surface area contributed by atoms with E-state index in [-0.39, 0.29) is 0 Å². The van der Waals surface area contributed by atoms with Crippen LogP contribution in [0.4, 0.5) is 5.69 Å².